The van der Waals surface area contributed by atoms with Crippen molar-refractivity contribution in [2.24, 2.45) is 0 Å². The van der Waals surface area contributed by atoms with Gasteiger partial charge < -0.3 is 38.6 Å². The topological polar surface area (TPSA) is 136 Å². The van der Waals surface area contributed by atoms with Crippen molar-refractivity contribution in [2.45, 2.75) is 52.4 Å². The van der Waals surface area contributed by atoms with Crippen LogP contribution in [0.2, 0.25) is 0 Å². The minimum absolute atomic E-state index is 0. The number of allylic oxidation sites excluding steroid dienone is 10. The SMILES string of the molecule is CCCCCOc1ccc(C(=O)Oc2ccc(OC([O-])=C3C=CC=C3)cc2)cc1.CCCCCOc1ccc(C(=O)Oc2ccc(OC([O-])=C3C=CC=C3)cc2)cc1.[Fe+2]. The Morgan fingerprint density at radius 3 is 1.02 bits per heavy atom. The van der Waals surface area contributed by atoms with Gasteiger partial charge in [0, 0.05) is 11.5 Å². The van der Waals surface area contributed by atoms with E-state index in [-0.39, 0.29) is 17.1 Å². The molecule has 0 aliphatic heterocycles. The largest absolute Gasteiger partial charge is 2.00 e. The molecule has 306 valence electrons. The smallest absolute Gasteiger partial charge is 0.579 e. The van der Waals surface area contributed by atoms with E-state index in [1.807, 2.05) is 0 Å². The van der Waals surface area contributed by atoms with Crippen LogP contribution in [0, 0.1) is 0 Å². The van der Waals surface area contributed by atoms with E-state index in [9.17, 15) is 19.8 Å². The fourth-order valence-electron chi connectivity index (χ4n) is 5.29. The maximum atomic E-state index is 12.3. The number of benzene rings is 4. The molecule has 0 spiro atoms. The molecule has 4 aromatic carbocycles. The van der Waals surface area contributed by atoms with Gasteiger partial charge in [-0.05, 0) is 121 Å². The summed E-state index contributed by atoms with van der Waals surface area (Å²) in [4.78, 5) is 24.6. The van der Waals surface area contributed by atoms with Crippen LogP contribution in [0.5, 0.6) is 34.5 Å². The van der Waals surface area contributed by atoms with Gasteiger partial charge in [-0.2, -0.15) is 0 Å². The second kappa shape index (κ2) is 24.4. The molecule has 0 fully saturated rings. The molecule has 2 aliphatic carbocycles. The number of ether oxygens (including phenoxy) is 6. The quantitative estimate of drug-likeness (QED) is 0.0314. The van der Waals surface area contributed by atoms with Crippen LogP contribution in [-0.2, 0) is 17.1 Å². The molecule has 0 saturated heterocycles. The molecule has 0 atom stereocenters. The molecule has 59 heavy (non-hydrogen) atoms. The van der Waals surface area contributed by atoms with Crippen molar-refractivity contribution < 1.29 is 65.3 Å². The number of esters is 2. The van der Waals surface area contributed by atoms with Crippen LogP contribution in [0.1, 0.15) is 73.1 Å². The zero-order valence-corrected chi connectivity index (χ0v) is 34.1. The van der Waals surface area contributed by atoms with Gasteiger partial charge in [0.1, 0.15) is 23.0 Å². The Hall–Kier alpha value is -6.42. The van der Waals surface area contributed by atoms with Crippen molar-refractivity contribution in [3.8, 4) is 34.5 Å². The summed E-state index contributed by atoms with van der Waals surface area (Å²) in [6, 6.07) is 26.4. The predicted molar refractivity (Wildman–Crippen MR) is 218 cm³/mol. The minimum Gasteiger partial charge on any atom is -0.579 e. The first-order valence-electron chi connectivity index (χ1n) is 19.3. The van der Waals surface area contributed by atoms with Crippen LogP contribution in [-0.4, -0.2) is 25.2 Å². The zero-order chi connectivity index (χ0) is 41.0. The molecule has 4 aromatic rings. The molecule has 0 heterocycles. The van der Waals surface area contributed by atoms with Gasteiger partial charge in [0.15, 0.2) is 0 Å². The second-order valence-corrected chi connectivity index (χ2v) is 13.0. The van der Waals surface area contributed by atoms with Gasteiger partial charge in [-0.25, -0.2) is 9.59 Å². The van der Waals surface area contributed by atoms with E-state index in [1.165, 1.54) is 0 Å². The van der Waals surface area contributed by atoms with Crippen molar-refractivity contribution in [1.82, 2.24) is 0 Å². The molecule has 0 bridgehead atoms. The normalized spacial score (nSPS) is 11.9. The Morgan fingerprint density at radius 2 is 0.712 bits per heavy atom. The van der Waals surface area contributed by atoms with Gasteiger partial charge >= 0.3 is 29.0 Å². The maximum absolute atomic E-state index is 12.3. The first-order chi connectivity index (χ1) is 28.3. The third-order valence-corrected chi connectivity index (χ3v) is 8.50. The van der Waals surface area contributed by atoms with E-state index in [1.54, 1.807) is 146 Å². The summed E-state index contributed by atoms with van der Waals surface area (Å²) in [5.74, 6) is 1.14. The van der Waals surface area contributed by atoms with Gasteiger partial charge in [-0.1, -0.05) is 88.1 Å². The Balaban J connectivity index is 0.000000256. The summed E-state index contributed by atoms with van der Waals surface area (Å²) in [6.07, 6.45) is 20.4. The molecular formula is C48H46FeO10. The molecule has 0 radical (unpaired) electrons. The van der Waals surface area contributed by atoms with E-state index in [4.69, 9.17) is 28.4 Å². The van der Waals surface area contributed by atoms with Crippen molar-refractivity contribution in [1.29, 1.82) is 0 Å². The number of carbonyl (C=O) groups excluding carboxylic acids is 2. The average molecular weight is 839 g/mol. The van der Waals surface area contributed by atoms with E-state index in [0.717, 1.165) is 50.0 Å². The standard InChI is InChI=1S/2C24H24O5.Fe/c2*1-2-3-6-17-27-20-11-9-19(10-12-20)24(26)29-22-15-13-21(14-16-22)28-23(25)18-7-4-5-8-18;/h2*4-5,7-16,25H,2-3,6,17H2,1H3;/q;;+2/p-2. The predicted octanol–water partition coefficient (Wildman–Crippen LogP) is 9.10. The monoisotopic (exact) mass is 838 g/mol. The van der Waals surface area contributed by atoms with Crippen molar-refractivity contribution in [2.75, 3.05) is 13.2 Å². The van der Waals surface area contributed by atoms with Crippen LogP contribution < -0.4 is 38.6 Å². The van der Waals surface area contributed by atoms with Crippen LogP contribution in [0.3, 0.4) is 0 Å². The Bertz CT molecular complexity index is 1940. The maximum Gasteiger partial charge on any atom is 2.00 e. The fourth-order valence-corrected chi connectivity index (χ4v) is 5.29. The molecule has 0 unspecified atom stereocenters. The summed E-state index contributed by atoms with van der Waals surface area (Å²) in [7, 11) is 0. The second-order valence-electron chi connectivity index (χ2n) is 13.0. The van der Waals surface area contributed by atoms with Gasteiger partial charge in [-0.3, -0.25) is 0 Å². The first kappa shape index (κ1) is 45.3. The molecule has 0 aromatic heterocycles. The van der Waals surface area contributed by atoms with Crippen molar-refractivity contribution in [3.05, 3.63) is 180 Å². The number of rotatable bonds is 18. The zero-order valence-electron chi connectivity index (χ0n) is 32.9. The molecule has 0 N–H and O–H groups in total. The fraction of sp³-hybridized carbons (Fsp3) is 0.208. The van der Waals surface area contributed by atoms with Crippen LogP contribution >= 0.6 is 0 Å². The summed E-state index contributed by atoms with van der Waals surface area (Å²) < 4.78 is 32.6. The Labute approximate surface area is 355 Å². The number of carbonyl (C=O) groups is 2. The van der Waals surface area contributed by atoms with E-state index >= 15 is 0 Å². The number of hydrogen-bond acceptors (Lipinski definition) is 10. The van der Waals surface area contributed by atoms with Gasteiger partial charge in [0.05, 0.1) is 36.2 Å². The van der Waals surface area contributed by atoms with Crippen LogP contribution in [0.15, 0.2) is 169 Å². The summed E-state index contributed by atoms with van der Waals surface area (Å²) in [6.45, 7) is 5.62. The third kappa shape index (κ3) is 15.1. The van der Waals surface area contributed by atoms with Crippen molar-refractivity contribution >= 4 is 11.9 Å². The number of hydrogen-bond donors (Lipinski definition) is 0. The summed E-state index contributed by atoms with van der Waals surface area (Å²) >= 11 is 0. The summed E-state index contributed by atoms with van der Waals surface area (Å²) in [5.41, 5.74) is 1.83. The van der Waals surface area contributed by atoms with Gasteiger partial charge in [-0.15, -0.1) is 0 Å². The van der Waals surface area contributed by atoms with E-state index in [2.05, 4.69) is 13.8 Å². The average Bonchev–Trinajstić information content (AvgIpc) is 4.00. The molecular weight excluding hydrogens is 792 g/mol. The van der Waals surface area contributed by atoms with Crippen molar-refractivity contribution in [3.63, 3.8) is 0 Å². The van der Waals surface area contributed by atoms with Gasteiger partial charge in [0.2, 0.25) is 0 Å². The first-order valence-corrected chi connectivity index (χ1v) is 19.3. The summed E-state index contributed by atoms with van der Waals surface area (Å²) in [5, 5.41) is 23.9. The molecule has 0 amide bonds. The molecule has 6 rings (SSSR count). The Kier molecular flexibility index (Phi) is 18.7. The molecule has 10 nitrogen and oxygen atoms in total. The minimum atomic E-state index is -0.468. The molecule has 0 saturated carbocycles. The molecule has 2 aliphatic rings. The number of unbranched alkanes of at least 4 members (excludes halogenated alkanes) is 4. The Morgan fingerprint density at radius 1 is 0.424 bits per heavy atom. The van der Waals surface area contributed by atoms with E-state index in [0.29, 0.717) is 58.5 Å². The third-order valence-electron chi connectivity index (χ3n) is 8.50. The van der Waals surface area contributed by atoms with Crippen LogP contribution in [0.4, 0.5) is 0 Å². The van der Waals surface area contributed by atoms with E-state index < -0.39 is 23.8 Å². The van der Waals surface area contributed by atoms with Crippen LogP contribution in [0.25, 0.3) is 0 Å². The molecule has 11 heteroatoms. The van der Waals surface area contributed by atoms with Gasteiger partial charge in [0.25, 0.3) is 0 Å².